The Hall–Kier alpha value is -1.71. The zero-order valence-electron chi connectivity index (χ0n) is 12.2. The number of nitrogens with zero attached hydrogens (tertiary/aromatic N) is 1. The van der Waals surface area contributed by atoms with E-state index in [0.717, 1.165) is 22.5 Å². The van der Waals surface area contributed by atoms with Crippen LogP contribution < -0.4 is 4.74 Å². The Morgan fingerprint density at radius 2 is 1.80 bits per heavy atom. The molecule has 2 rings (SSSR count). The number of benzene rings is 1. The lowest BCUT2D eigenvalue weighted by Crippen LogP contribution is -2.23. The molecule has 1 aromatic rings. The van der Waals surface area contributed by atoms with Gasteiger partial charge in [0.1, 0.15) is 5.75 Å². The molecule has 0 spiro atoms. The Morgan fingerprint density at radius 1 is 1.15 bits per heavy atom. The Labute approximate surface area is 118 Å². The van der Waals surface area contributed by atoms with E-state index in [0.29, 0.717) is 0 Å². The molecule has 0 aliphatic carbocycles. The molecule has 0 amide bonds. The van der Waals surface area contributed by atoms with Gasteiger partial charge >= 0.3 is 6.61 Å². The third-order valence-corrected chi connectivity index (χ3v) is 4.01. The normalized spacial score (nSPS) is 23.1. The third kappa shape index (κ3) is 2.74. The number of allylic oxidation sites excluding steroid dienone is 2. The van der Waals surface area contributed by atoms with Crippen molar-refractivity contribution in [3.8, 4) is 5.75 Å². The Balaban J connectivity index is 2.48. The van der Waals surface area contributed by atoms with Crippen LogP contribution in [0.3, 0.4) is 0 Å². The fraction of sp³-hybridized carbons (Fsp3) is 0.438. The number of hydrogen-bond donors (Lipinski definition) is 0. The first-order valence-electron chi connectivity index (χ1n) is 6.68. The topological polar surface area (TPSA) is 21.6 Å². The molecule has 4 heteroatoms. The molecule has 2 nitrogen and oxygen atoms in total. The molecule has 0 N–H and O–H groups in total. The zero-order chi connectivity index (χ0) is 14.9. The van der Waals surface area contributed by atoms with E-state index in [1.807, 2.05) is 32.9 Å². The highest BCUT2D eigenvalue weighted by atomic mass is 19.3. The van der Waals surface area contributed by atoms with Gasteiger partial charge in [-0.1, -0.05) is 25.1 Å². The summed E-state index contributed by atoms with van der Waals surface area (Å²) in [5.41, 5.74) is 3.88. The van der Waals surface area contributed by atoms with Crippen molar-refractivity contribution in [3.63, 3.8) is 0 Å². The number of rotatable bonds is 3. The number of halogens is 2. The maximum absolute atomic E-state index is 12.6. The molecule has 2 unspecified atom stereocenters. The van der Waals surface area contributed by atoms with Gasteiger partial charge in [-0.15, -0.1) is 0 Å². The van der Waals surface area contributed by atoms with Crippen molar-refractivity contribution in [1.82, 2.24) is 0 Å². The van der Waals surface area contributed by atoms with Gasteiger partial charge < -0.3 is 4.74 Å². The van der Waals surface area contributed by atoms with Crippen molar-refractivity contribution < 1.29 is 13.5 Å². The highest BCUT2D eigenvalue weighted by Gasteiger charge is 2.30. The molecule has 0 aromatic heterocycles. The highest BCUT2D eigenvalue weighted by Crippen LogP contribution is 2.41. The zero-order valence-corrected chi connectivity index (χ0v) is 12.2. The summed E-state index contributed by atoms with van der Waals surface area (Å²) in [6, 6.07) is 7.01. The quantitative estimate of drug-likeness (QED) is 0.780. The van der Waals surface area contributed by atoms with Crippen LogP contribution in [0.1, 0.15) is 39.2 Å². The van der Waals surface area contributed by atoms with Crippen LogP contribution in [0, 0.1) is 5.92 Å². The maximum atomic E-state index is 12.6. The largest absolute Gasteiger partial charge is 0.435 e. The molecular weight excluding hydrogens is 260 g/mol. The summed E-state index contributed by atoms with van der Waals surface area (Å²) in [7, 11) is 0. The average Bonchev–Trinajstić information content (AvgIpc) is 2.38. The molecule has 1 aromatic carbocycles. The fourth-order valence-corrected chi connectivity index (χ4v) is 2.74. The number of hydrogen-bond acceptors (Lipinski definition) is 2. The highest BCUT2D eigenvalue weighted by molar-refractivity contribution is 5.87. The molecule has 1 heterocycles. The van der Waals surface area contributed by atoms with Crippen LogP contribution in [0.5, 0.6) is 5.75 Å². The van der Waals surface area contributed by atoms with Crippen molar-refractivity contribution in [2.24, 2.45) is 10.9 Å². The van der Waals surface area contributed by atoms with Crippen LogP contribution in [-0.4, -0.2) is 12.3 Å². The molecule has 0 radical (unpaired) electrons. The molecule has 0 fully saturated rings. The molecule has 0 bridgehead atoms. The summed E-state index contributed by atoms with van der Waals surface area (Å²) < 4.78 is 29.8. The minimum absolute atomic E-state index is 0.0300. The summed E-state index contributed by atoms with van der Waals surface area (Å²) in [4.78, 5) is 4.52. The number of aliphatic imine (C=N–C) groups is 1. The average molecular weight is 279 g/mol. The fourth-order valence-electron chi connectivity index (χ4n) is 2.74. The van der Waals surface area contributed by atoms with Gasteiger partial charge in [0.05, 0.1) is 0 Å². The Bertz CT molecular complexity index is 563. The van der Waals surface area contributed by atoms with Gasteiger partial charge in [0.2, 0.25) is 0 Å². The molecule has 108 valence electrons. The van der Waals surface area contributed by atoms with Crippen molar-refractivity contribution in [1.29, 1.82) is 0 Å². The predicted octanol–water partition coefficient (Wildman–Crippen LogP) is 4.78. The molecule has 2 atom stereocenters. The van der Waals surface area contributed by atoms with Gasteiger partial charge in [0.15, 0.2) is 0 Å². The van der Waals surface area contributed by atoms with E-state index in [9.17, 15) is 8.78 Å². The van der Waals surface area contributed by atoms with E-state index in [-0.39, 0.29) is 17.6 Å². The molecule has 1 aliphatic heterocycles. The van der Waals surface area contributed by atoms with Gasteiger partial charge in [-0.25, -0.2) is 0 Å². The minimum Gasteiger partial charge on any atom is -0.435 e. The van der Waals surface area contributed by atoms with Crippen LogP contribution in [0.15, 0.2) is 40.5 Å². The molecule has 1 aliphatic rings. The number of para-hydroxylation sites is 1. The van der Waals surface area contributed by atoms with Crippen LogP contribution in [-0.2, 0) is 0 Å². The summed E-state index contributed by atoms with van der Waals surface area (Å²) in [6.45, 7) is 5.19. The lowest BCUT2D eigenvalue weighted by Gasteiger charge is -2.31. The van der Waals surface area contributed by atoms with Gasteiger partial charge in [0, 0.05) is 28.8 Å². The van der Waals surface area contributed by atoms with Gasteiger partial charge in [-0.3, -0.25) is 4.99 Å². The van der Waals surface area contributed by atoms with Gasteiger partial charge in [-0.2, -0.15) is 8.78 Å². The molecule has 0 saturated heterocycles. The van der Waals surface area contributed by atoms with Crippen LogP contribution in [0.25, 0.3) is 0 Å². The van der Waals surface area contributed by atoms with Crippen LogP contribution in [0.4, 0.5) is 8.78 Å². The third-order valence-electron chi connectivity index (χ3n) is 4.01. The van der Waals surface area contributed by atoms with E-state index in [2.05, 4.69) is 16.7 Å². The summed E-state index contributed by atoms with van der Waals surface area (Å²) >= 11 is 0. The smallest absolute Gasteiger partial charge is 0.387 e. The molecule has 0 saturated carbocycles. The maximum Gasteiger partial charge on any atom is 0.387 e. The van der Waals surface area contributed by atoms with Crippen LogP contribution in [0.2, 0.25) is 0 Å². The van der Waals surface area contributed by atoms with E-state index >= 15 is 0 Å². The standard InChI is InChI=1S/C16H19F2NO/c1-9-11(3)19-12(4)10(2)15(9)13-7-5-6-8-14(13)20-16(17)18/h5-9,15-16H,1-4H3. The first-order valence-corrected chi connectivity index (χ1v) is 6.68. The summed E-state index contributed by atoms with van der Waals surface area (Å²) in [5, 5.41) is 0. The second-order valence-corrected chi connectivity index (χ2v) is 5.20. The van der Waals surface area contributed by atoms with Gasteiger partial charge in [-0.05, 0) is 32.4 Å². The van der Waals surface area contributed by atoms with Crippen molar-refractivity contribution >= 4 is 5.71 Å². The second kappa shape index (κ2) is 5.73. The van der Waals surface area contributed by atoms with Crippen LogP contribution >= 0.6 is 0 Å². The Kier molecular flexibility index (Phi) is 4.21. The lowest BCUT2D eigenvalue weighted by molar-refractivity contribution is -0.0506. The first kappa shape index (κ1) is 14.7. The lowest BCUT2D eigenvalue weighted by atomic mass is 9.77. The molecular formula is C16H19F2NO. The van der Waals surface area contributed by atoms with Crippen molar-refractivity contribution in [2.75, 3.05) is 0 Å². The van der Waals surface area contributed by atoms with E-state index in [1.54, 1.807) is 12.1 Å². The van der Waals surface area contributed by atoms with Crippen molar-refractivity contribution in [2.45, 2.75) is 40.2 Å². The van der Waals surface area contributed by atoms with E-state index < -0.39 is 6.61 Å². The summed E-state index contributed by atoms with van der Waals surface area (Å²) in [5.74, 6) is 0.449. The minimum atomic E-state index is -2.81. The SMILES string of the molecule is CC1=NC(C)=C(C)C(c2ccccc2OC(F)F)C1C. The number of ether oxygens (including phenoxy) is 1. The first-order chi connectivity index (χ1) is 9.41. The van der Waals surface area contributed by atoms with E-state index in [1.165, 1.54) is 0 Å². The molecule has 20 heavy (non-hydrogen) atoms. The second-order valence-electron chi connectivity index (χ2n) is 5.20. The predicted molar refractivity (Wildman–Crippen MR) is 76.5 cm³/mol. The number of alkyl halides is 2. The summed E-state index contributed by atoms with van der Waals surface area (Å²) in [6.07, 6.45) is 0. The Morgan fingerprint density at radius 3 is 2.45 bits per heavy atom. The monoisotopic (exact) mass is 279 g/mol. The van der Waals surface area contributed by atoms with Gasteiger partial charge in [0.25, 0.3) is 0 Å². The van der Waals surface area contributed by atoms with Crippen molar-refractivity contribution in [3.05, 3.63) is 41.1 Å². The van der Waals surface area contributed by atoms with E-state index in [4.69, 9.17) is 0 Å².